The molecule has 0 radical (unpaired) electrons. The Labute approximate surface area is 206 Å². The van der Waals surface area contributed by atoms with Crippen LogP contribution in [0.1, 0.15) is 43.7 Å². The normalized spacial score (nSPS) is 17.6. The smallest absolute Gasteiger partial charge is 0.349 e. The van der Waals surface area contributed by atoms with Crippen molar-refractivity contribution in [1.82, 2.24) is 19.4 Å². The molecule has 0 N–H and O–H groups in total. The molecule has 10 heteroatoms. The van der Waals surface area contributed by atoms with Crippen LogP contribution in [-0.2, 0) is 24.1 Å². The van der Waals surface area contributed by atoms with Crippen molar-refractivity contribution >= 4 is 22.6 Å². The summed E-state index contributed by atoms with van der Waals surface area (Å²) in [6.45, 7) is 4.73. The van der Waals surface area contributed by atoms with Crippen LogP contribution in [0.4, 0.5) is 23.4 Å². The number of hydrogen-bond donors (Lipinski definition) is 0. The van der Waals surface area contributed by atoms with Crippen LogP contribution in [0.3, 0.4) is 0 Å². The molecule has 3 heterocycles. The van der Waals surface area contributed by atoms with Gasteiger partial charge in [0.25, 0.3) is 0 Å². The van der Waals surface area contributed by atoms with E-state index in [1.54, 1.807) is 6.92 Å². The first-order valence-electron chi connectivity index (χ1n) is 12.3. The zero-order chi connectivity index (χ0) is 25.4. The number of Topliss-reactive ketones (excluding diaryl/α,β-unsaturated/α-hetero) is 1. The highest BCUT2D eigenvalue weighted by Crippen LogP contribution is 2.37. The number of piperidine rings is 1. The maximum Gasteiger partial charge on any atom is 0.416 e. The van der Waals surface area contributed by atoms with Gasteiger partial charge in [-0.05, 0) is 69.3 Å². The van der Waals surface area contributed by atoms with Gasteiger partial charge in [0.2, 0.25) is 0 Å². The number of fused-ring (bicyclic) bond motifs is 1. The molecule has 0 unspecified atom stereocenters. The molecule has 1 aliphatic heterocycles. The van der Waals surface area contributed by atoms with E-state index in [9.17, 15) is 18.0 Å². The lowest BCUT2D eigenvalue weighted by atomic mass is 9.96. The molecule has 1 aliphatic carbocycles. The quantitative estimate of drug-likeness (QED) is 0.403. The number of rotatable bonds is 8. The van der Waals surface area contributed by atoms with Crippen LogP contribution in [-0.4, -0.2) is 50.9 Å². The number of ketones is 1. The fourth-order valence-corrected chi connectivity index (χ4v) is 5.10. The number of carbonyl (C=O) groups is 1. The van der Waals surface area contributed by atoms with Gasteiger partial charge in [0.15, 0.2) is 5.82 Å². The van der Waals surface area contributed by atoms with Crippen LogP contribution in [0, 0.1) is 11.7 Å². The summed E-state index contributed by atoms with van der Waals surface area (Å²) in [6, 6.07) is 5.26. The summed E-state index contributed by atoms with van der Waals surface area (Å²) < 4.78 is 56.0. The third kappa shape index (κ3) is 5.38. The van der Waals surface area contributed by atoms with Gasteiger partial charge in [-0.3, -0.25) is 9.69 Å². The molecular weight excluding hydrogens is 474 g/mol. The Bertz CT molecular complexity index is 1230. The number of aromatic nitrogens is 3. The number of halogens is 4. The second kappa shape index (κ2) is 9.80. The molecule has 2 fully saturated rings. The van der Waals surface area contributed by atoms with Crippen molar-refractivity contribution in [3.63, 3.8) is 0 Å². The van der Waals surface area contributed by atoms with E-state index in [0.29, 0.717) is 48.0 Å². The van der Waals surface area contributed by atoms with E-state index in [0.717, 1.165) is 50.9 Å². The Balaban J connectivity index is 1.36. The van der Waals surface area contributed by atoms with Gasteiger partial charge in [-0.1, -0.05) is 12.1 Å². The Kier molecular flexibility index (Phi) is 6.72. The van der Waals surface area contributed by atoms with Crippen LogP contribution in [0.25, 0.3) is 11.0 Å². The van der Waals surface area contributed by atoms with Crippen molar-refractivity contribution in [2.75, 3.05) is 24.5 Å². The second-order valence-corrected chi connectivity index (χ2v) is 10.0. The first kappa shape index (κ1) is 24.7. The van der Waals surface area contributed by atoms with Gasteiger partial charge in [0, 0.05) is 25.3 Å². The minimum Gasteiger partial charge on any atom is -0.349 e. The summed E-state index contributed by atoms with van der Waals surface area (Å²) in [5.41, 5.74) is 0.546. The first-order chi connectivity index (χ1) is 17.2. The van der Waals surface area contributed by atoms with E-state index in [-0.39, 0.29) is 11.8 Å². The fourth-order valence-electron chi connectivity index (χ4n) is 5.10. The summed E-state index contributed by atoms with van der Waals surface area (Å²) in [5.74, 6) is 0.601. The van der Waals surface area contributed by atoms with Crippen LogP contribution in [0.2, 0.25) is 0 Å². The molecule has 0 bridgehead atoms. The number of carbonyl (C=O) groups excluding carboxylic acids is 1. The molecular formula is C26H29F4N5O. The Morgan fingerprint density at radius 1 is 1.08 bits per heavy atom. The van der Waals surface area contributed by atoms with E-state index in [1.165, 1.54) is 24.7 Å². The largest absolute Gasteiger partial charge is 0.416 e. The molecule has 5 rings (SSSR count). The van der Waals surface area contributed by atoms with E-state index < -0.39 is 17.6 Å². The monoisotopic (exact) mass is 503 g/mol. The fraction of sp³-hybridized carbons (Fsp3) is 0.500. The molecule has 192 valence electrons. The van der Waals surface area contributed by atoms with Gasteiger partial charge >= 0.3 is 6.18 Å². The molecule has 1 saturated carbocycles. The zero-order valence-electron chi connectivity index (χ0n) is 20.1. The average molecular weight is 504 g/mol. The third-order valence-electron chi connectivity index (χ3n) is 7.09. The van der Waals surface area contributed by atoms with Gasteiger partial charge in [-0.2, -0.15) is 13.2 Å². The molecule has 1 saturated heterocycles. The molecule has 0 spiro atoms. The molecule has 0 atom stereocenters. The lowest BCUT2D eigenvalue weighted by molar-refractivity contribution is -0.137. The van der Waals surface area contributed by atoms with Crippen molar-refractivity contribution in [2.24, 2.45) is 5.92 Å². The second-order valence-electron chi connectivity index (χ2n) is 10.0. The molecule has 2 aliphatic rings. The summed E-state index contributed by atoms with van der Waals surface area (Å²) >= 11 is 0. The van der Waals surface area contributed by atoms with Gasteiger partial charge in [0.05, 0.1) is 17.5 Å². The standard InChI is InChI=1S/C26H29F4N5O/c1-17(36)12-33-10-8-19(9-11-33)13-34-15-22(27)23-24(34)31-16-32-25(23)35(21-6-7-21)14-18-2-4-20(5-3-18)26(28,29)30/h2-5,15-16,19,21H,6-14H2,1H3. The maximum absolute atomic E-state index is 15.3. The lowest BCUT2D eigenvalue weighted by Gasteiger charge is -2.31. The SMILES string of the molecule is CC(=O)CN1CCC(Cn2cc(F)c3c(N(Cc4ccc(C(F)(F)F)cc4)C4CC4)ncnc32)CC1. The van der Waals surface area contributed by atoms with Crippen molar-refractivity contribution in [2.45, 2.75) is 57.9 Å². The molecule has 6 nitrogen and oxygen atoms in total. The third-order valence-corrected chi connectivity index (χ3v) is 7.09. The van der Waals surface area contributed by atoms with Crippen LogP contribution >= 0.6 is 0 Å². The highest BCUT2D eigenvalue weighted by Gasteiger charge is 2.34. The van der Waals surface area contributed by atoms with Gasteiger partial charge in [-0.15, -0.1) is 0 Å². The Morgan fingerprint density at radius 3 is 2.39 bits per heavy atom. The van der Waals surface area contributed by atoms with Crippen molar-refractivity contribution < 1.29 is 22.4 Å². The molecule has 0 amide bonds. The predicted octanol–water partition coefficient (Wildman–Crippen LogP) is 5.06. The average Bonchev–Trinajstić information content (AvgIpc) is 3.62. The molecule has 1 aromatic carbocycles. The molecule has 3 aromatic rings. The number of alkyl halides is 3. The summed E-state index contributed by atoms with van der Waals surface area (Å²) in [4.78, 5) is 24.4. The minimum absolute atomic E-state index is 0.160. The van der Waals surface area contributed by atoms with Crippen molar-refractivity contribution in [3.05, 3.63) is 53.7 Å². The van der Waals surface area contributed by atoms with Crippen LogP contribution in [0.5, 0.6) is 0 Å². The number of nitrogens with zero attached hydrogens (tertiary/aromatic N) is 5. The Hall–Kier alpha value is -3.01. The van der Waals surface area contributed by atoms with Gasteiger partial charge < -0.3 is 9.47 Å². The predicted molar refractivity (Wildman–Crippen MR) is 128 cm³/mol. The summed E-state index contributed by atoms with van der Waals surface area (Å²) in [6.07, 6.45) is 2.23. The van der Waals surface area contributed by atoms with E-state index in [2.05, 4.69) is 14.9 Å². The Morgan fingerprint density at radius 2 is 1.78 bits per heavy atom. The summed E-state index contributed by atoms with van der Waals surface area (Å²) in [7, 11) is 0. The van der Waals surface area contributed by atoms with Crippen molar-refractivity contribution in [3.8, 4) is 0 Å². The number of likely N-dealkylation sites (tertiary alicyclic amines) is 1. The zero-order valence-corrected chi connectivity index (χ0v) is 20.1. The van der Waals surface area contributed by atoms with Gasteiger partial charge in [-0.25, -0.2) is 14.4 Å². The van der Waals surface area contributed by atoms with Crippen LogP contribution in [0.15, 0.2) is 36.8 Å². The molecule has 2 aromatic heterocycles. The molecule has 36 heavy (non-hydrogen) atoms. The maximum atomic E-state index is 15.3. The van der Waals surface area contributed by atoms with E-state index in [4.69, 9.17) is 0 Å². The van der Waals surface area contributed by atoms with E-state index in [1.807, 2.05) is 9.47 Å². The van der Waals surface area contributed by atoms with Crippen LogP contribution < -0.4 is 4.90 Å². The minimum atomic E-state index is -4.39. The highest BCUT2D eigenvalue weighted by atomic mass is 19.4. The van der Waals surface area contributed by atoms with Gasteiger partial charge in [0.1, 0.15) is 23.6 Å². The lowest BCUT2D eigenvalue weighted by Crippen LogP contribution is -2.37. The number of anilines is 1. The number of hydrogen-bond acceptors (Lipinski definition) is 5. The number of benzene rings is 1. The van der Waals surface area contributed by atoms with E-state index >= 15 is 4.39 Å². The van der Waals surface area contributed by atoms with Crippen molar-refractivity contribution in [1.29, 1.82) is 0 Å². The topological polar surface area (TPSA) is 54.3 Å². The summed E-state index contributed by atoms with van der Waals surface area (Å²) in [5, 5.41) is 0.352. The highest BCUT2D eigenvalue weighted by molar-refractivity contribution is 5.89. The first-order valence-corrected chi connectivity index (χ1v) is 12.3.